The molecule has 15 heavy (non-hydrogen) atoms. The SMILES string of the molecule is CCOC(=O)C(=O)CC(=O)OC(C)(C)C. The van der Waals surface area contributed by atoms with E-state index in [1.165, 1.54) is 0 Å². The molecule has 0 bridgehead atoms. The lowest BCUT2D eigenvalue weighted by atomic mass is 10.2. The molecule has 0 aromatic carbocycles. The number of Topliss-reactive ketones (excluding diaryl/α,β-unsaturated/α-hetero) is 1. The second kappa shape index (κ2) is 5.48. The van der Waals surface area contributed by atoms with Gasteiger partial charge in [0.05, 0.1) is 6.61 Å². The van der Waals surface area contributed by atoms with Gasteiger partial charge in [0.1, 0.15) is 12.0 Å². The zero-order valence-corrected chi connectivity index (χ0v) is 9.46. The minimum Gasteiger partial charge on any atom is -0.460 e. The molecule has 0 N–H and O–H groups in total. The van der Waals surface area contributed by atoms with Crippen LogP contribution in [-0.4, -0.2) is 29.9 Å². The van der Waals surface area contributed by atoms with E-state index in [-0.39, 0.29) is 6.61 Å². The second-order valence-electron chi connectivity index (χ2n) is 3.91. The molecule has 0 rings (SSSR count). The number of esters is 2. The van der Waals surface area contributed by atoms with Gasteiger partial charge in [0.15, 0.2) is 0 Å². The molecule has 5 heteroatoms. The van der Waals surface area contributed by atoms with Crippen molar-refractivity contribution < 1.29 is 23.9 Å². The van der Waals surface area contributed by atoms with Crippen LogP contribution < -0.4 is 0 Å². The van der Waals surface area contributed by atoms with Gasteiger partial charge in [-0.15, -0.1) is 0 Å². The number of ketones is 1. The van der Waals surface area contributed by atoms with Gasteiger partial charge < -0.3 is 9.47 Å². The van der Waals surface area contributed by atoms with Crippen LogP contribution in [0.1, 0.15) is 34.1 Å². The van der Waals surface area contributed by atoms with Crippen LogP contribution in [0.2, 0.25) is 0 Å². The molecule has 0 aliphatic heterocycles. The maximum Gasteiger partial charge on any atom is 0.375 e. The fraction of sp³-hybridized carbons (Fsp3) is 0.700. The Morgan fingerprint density at radius 3 is 2.07 bits per heavy atom. The molecule has 86 valence electrons. The number of ether oxygens (including phenoxy) is 2. The summed E-state index contributed by atoms with van der Waals surface area (Å²) in [5, 5.41) is 0. The zero-order valence-electron chi connectivity index (χ0n) is 9.46. The number of carbonyl (C=O) groups excluding carboxylic acids is 3. The van der Waals surface area contributed by atoms with Crippen LogP contribution in [0.25, 0.3) is 0 Å². The molecular weight excluding hydrogens is 200 g/mol. The summed E-state index contributed by atoms with van der Waals surface area (Å²) in [5.74, 6) is -2.60. The third kappa shape index (κ3) is 6.65. The summed E-state index contributed by atoms with van der Waals surface area (Å²) < 4.78 is 9.31. The lowest BCUT2D eigenvalue weighted by Gasteiger charge is -2.18. The Balaban J connectivity index is 4.08. The average molecular weight is 216 g/mol. The first-order chi connectivity index (χ1) is 6.76. The van der Waals surface area contributed by atoms with Gasteiger partial charge in [-0.1, -0.05) is 0 Å². The van der Waals surface area contributed by atoms with E-state index < -0.39 is 29.7 Å². The molecule has 0 fully saturated rings. The van der Waals surface area contributed by atoms with Gasteiger partial charge in [-0.2, -0.15) is 0 Å². The van der Waals surface area contributed by atoms with E-state index in [2.05, 4.69) is 4.74 Å². The first kappa shape index (κ1) is 13.6. The van der Waals surface area contributed by atoms with Crippen molar-refractivity contribution >= 4 is 17.7 Å². The molecule has 0 spiro atoms. The molecule has 0 heterocycles. The summed E-state index contributed by atoms with van der Waals surface area (Å²) in [7, 11) is 0. The lowest BCUT2D eigenvalue weighted by Crippen LogP contribution is -2.28. The van der Waals surface area contributed by atoms with E-state index in [0.29, 0.717) is 0 Å². The van der Waals surface area contributed by atoms with Crippen LogP contribution in [-0.2, 0) is 23.9 Å². The summed E-state index contributed by atoms with van der Waals surface area (Å²) in [6.07, 6.45) is -0.573. The highest BCUT2D eigenvalue weighted by molar-refractivity contribution is 6.36. The molecule has 0 saturated carbocycles. The number of rotatable bonds is 4. The van der Waals surface area contributed by atoms with Gasteiger partial charge in [0, 0.05) is 0 Å². The molecule has 0 radical (unpaired) electrons. The minimum absolute atomic E-state index is 0.110. The van der Waals surface area contributed by atoms with E-state index in [1.807, 2.05) is 0 Å². The quantitative estimate of drug-likeness (QED) is 0.396. The van der Waals surface area contributed by atoms with Crippen LogP contribution in [0, 0.1) is 0 Å². The molecule has 0 atom stereocenters. The third-order valence-electron chi connectivity index (χ3n) is 1.23. The largest absolute Gasteiger partial charge is 0.460 e. The molecule has 0 amide bonds. The van der Waals surface area contributed by atoms with Crippen molar-refractivity contribution in [3.8, 4) is 0 Å². The normalized spacial score (nSPS) is 10.7. The second-order valence-corrected chi connectivity index (χ2v) is 3.91. The van der Waals surface area contributed by atoms with Crippen LogP contribution in [0.15, 0.2) is 0 Å². The number of carbonyl (C=O) groups is 3. The summed E-state index contributed by atoms with van der Waals surface area (Å²) in [4.78, 5) is 33.0. The fourth-order valence-electron chi connectivity index (χ4n) is 0.792. The molecular formula is C10H16O5. The van der Waals surface area contributed by atoms with Crippen LogP contribution in [0.4, 0.5) is 0 Å². The Labute approximate surface area is 88.7 Å². The molecule has 0 saturated heterocycles. The Hall–Kier alpha value is -1.39. The zero-order chi connectivity index (χ0) is 12.1. The Morgan fingerprint density at radius 1 is 1.13 bits per heavy atom. The topological polar surface area (TPSA) is 69.7 Å². The summed E-state index contributed by atoms with van der Waals surface area (Å²) in [5.41, 5.74) is -0.661. The predicted molar refractivity (Wildman–Crippen MR) is 52.1 cm³/mol. The number of hydrogen-bond acceptors (Lipinski definition) is 5. The standard InChI is InChI=1S/C10H16O5/c1-5-14-9(13)7(11)6-8(12)15-10(2,3)4/h5-6H2,1-4H3. The summed E-state index contributed by atoms with van der Waals surface area (Å²) >= 11 is 0. The highest BCUT2D eigenvalue weighted by atomic mass is 16.6. The molecule has 0 aromatic heterocycles. The summed E-state index contributed by atoms with van der Waals surface area (Å²) in [6.45, 7) is 6.73. The van der Waals surface area contributed by atoms with E-state index in [4.69, 9.17) is 4.74 Å². The van der Waals surface area contributed by atoms with Crippen molar-refractivity contribution in [3.63, 3.8) is 0 Å². The van der Waals surface area contributed by atoms with Gasteiger partial charge >= 0.3 is 11.9 Å². The van der Waals surface area contributed by atoms with E-state index in [9.17, 15) is 14.4 Å². The molecule has 5 nitrogen and oxygen atoms in total. The highest BCUT2D eigenvalue weighted by Gasteiger charge is 2.23. The first-order valence-electron chi connectivity index (χ1n) is 4.68. The minimum atomic E-state index is -0.997. The number of hydrogen-bond donors (Lipinski definition) is 0. The molecule has 0 aliphatic rings. The van der Waals surface area contributed by atoms with Crippen molar-refractivity contribution in [1.82, 2.24) is 0 Å². The van der Waals surface area contributed by atoms with Gasteiger partial charge in [0.2, 0.25) is 0 Å². The van der Waals surface area contributed by atoms with Gasteiger partial charge in [-0.3, -0.25) is 9.59 Å². The highest BCUT2D eigenvalue weighted by Crippen LogP contribution is 2.08. The predicted octanol–water partition coefficient (Wildman–Crippen LogP) is 0.850. The maximum atomic E-state index is 11.1. The smallest absolute Gasteiger partial charge is 0.375 e. The van der Waals surface area contributed by atoms with Gasteiger partial charge in [-0.25, -0.2) is 4.79 Å². The molecule has 0 unspecified atom stereocenters. The van der Waals surface area contributed by atoms with Crippen LogP contribution >= 0.6 is 0 Å². The first-order valence-corrected chi connectivity index (χ1v) is 4.68. The lowest BCUT2D eigenvalue weighted by molar-refractivity contribution is -0.162. The fourth-order valence-corrected chi connectivity index (χ4v) is 0.792. The Morgan fingerprint density at radius 2 is 1.67 bits per heavy atom. The molecule has 0 aromatic rings. The van der Waals surface area contributed by atoms with Crippen LogP contribution in [0.5, 0.6) is 0 Å². The van der Waals surface area contributed by atoms with Gasteiger partial charge in [-0.05, 0) is 27.7 Å². The van der Waals surface area contributed by atoms with E-state index in [0.717, 1.165) is 0 Å². The van der Waals surface area contributed by atoms with Crippen molar-refractivity contribution in [2.75, 3.05) is 6.61 Å². The van der Waals surface area contributed by atoms with Crippen LogP contribution in [0.3, 0.4) is 0 Å². The average Bonchev–Trinajstić information content (AvgIpc) is 2.00. The van der Waals surface area contributed by atoms with Crippen molar-refractivity contribution in [1.29, 1.82) is 0 Å². The third-order valence-corrected chi connectivity index (χ3v) is 1.23. The van der Waals surface area contributed by atoms with Crippen molar-refractivity contribution in [2.24, 2.45) is 0 Å². The van der Waals surface area contributed by atoms with E-state index in [1.54, 1.807) is 27.7 Å². The van der Waals surface area contributed by atoms with E-state index >= 15 is 0 Å². The molecule has 0 aliphatic carbocycles. The maximum absolute atomic E-state index is 11.1. The Kier molecular flexibility index (Phi) is 4.97. The Bertz CT molecular complexity index is 261. The summed E-state index contributed by atoms with van der Waals surface area (Å²) in [6, 6.07) is 0. The monoisotopic (exact) mass is 216 g/mol. The van der Waals surface area contributed by atoms with Gasteiger partial charge in [0.25, 0.3) is 5.78 Å². The van der Waals surface area contributed by atoms with Crippen molar-refractivity contribution in [3.05, 3.63) is 0 Å². The van der Waals surface area contributed by atoms with Crippen molar-refractivity contribution in [2.45, 2.75) is 39.7 Å².